The molecule has 0 fully saturated rings. The van der Waals surface area contributed by atoms with Crippen molar-refractivity contribution in [2.75, 3.05) is 18.5 Å². The second-order valence-corrected chi connectivity index (χ2v) is 8.00. The van der Waals surface area contributed by atoms with E-state index in [1.807, 2.05) is 30.3 Å². The van der Waals surface area contributed by atoms with Gasteiger partial charge in [-0.1, -0.05) is 0 Å². The number of rotatable bonds is 3. The zero-order valence-corrected chi connectivity index (χ0v) is 16.0. The third kappa shape index (κ3) is 3.33. The van der Waals surface area contributed by atoms with Gasteiger partial charge >= 0.3 is 0 Å². The molecule has 1 aromatic carbocycles. The van der Waals surface area contributed by atoms with Crippen molar-refractivity contribution in [2.45, 2.75) is 19.3 Å². The van der Waals surface area contributed by atoms with E-state index in [4.69, 9.17) is 14.5 Å². The zero-order valence-electron chi connectivity index (χ0n) is 15.2. The molecule has 1 unspecified atom stereocenters. The molecule has 0 spiro atoms. The number of nitrogens with zero attached hydrogens (tertiary/aromatic N) is 2. The average molecular weight is 393 g/mol. The SMILES string of the molecule is O=C(Nc1ccc2c(c1)OCCO2)C1CCc2nc(-c3ccncc3)sc2C1. The number of hydrogen-bond donors (Lipinski definition) is 1. The lowest BCUT2D eigenvalue weighted by Gasteiger charge is -2.22. The third-order valence-corrected chi connectivity index (χ3v) is 6.22. The normalized spacial score (nSPS) is 17.6. The number of nitrogens with one attached hydrogen (secondary N) is 1. The van der Waals surface area contributed by atoms with Crippen LogP contribution >= 0.6 is 11.3 Å². The minimum Gasteiger partial charge on any atom is -0.486 e. The molecule has 5 rings (SSSR count). The van der Waals surface area contributed by atoms with Crippen LogP contribution in [0.5, 0.6) is 11.5 Å². The van der Waals surface area contributed by atoms with E-state index in [0.29, 0.717) is 19.0 Å². The Morgan fingerprint density at radius 1 is 1.11 bits per heavy atom. The summed E-state index contributed by atoms with van der Waals surface area (Å²) in [5, 5.41) is 4.03. The minimum atomic E-state index is -0.0496. The first kappa shape index (κ1) is 17.2. The maximum atomic E-state index is 12.8. The summed E-state index contributed by atoms with van der Waals surface area (Å²) in [6, 6.07) is 9.46. The van der Waals surface area contributed by atoms with Crippen LogP contribution in [0.25, 0.3) is 10.6 Å². The second-order valence-electron chi connectivity index (χ2n) is 6.91. The van der Waals surface area contributed by atoms with Gasteiger partial charge in [-0.15, -0.1) is 11.3 Å². The highest BCUT2D eigenvalue weighted by molar-refractivity contribution is 7.15. The van der Waals surface area contributed by atoms with E-state index >= 15 is 0 Å². The fourth-order valence-corrected chi connectivity index (χ4v) is 4.78. The van der Waals surface area contributed by atoms with Crippen LogP contribution in [0.4, 0.5) is 5.69 Å². The molecule has 7 heteroatoms. The van der Waals surface area contributed by atoms with Crippen molar-refractivity contribution >= 4 is 22.9 Å². The number of thiazole rings is 1. The van der Waals surface area contributed by atoms with E-state index in [9.17, 15) is 4.79 Å². The van der Waals surface area contributed by atoms with Crippen LogP contribution in [0.1, 0.15) is 17.0 Å². The lowest BCUT2D eigenvalue weighted by atomic mass is 9.90. The van der Waals surface area contributed by atoms with Crippen molar-refractivity contribution in [3.8, 4) is 22.1 Å². The summed E-state index contributed by atoms with van der Waals surface area (Å²) >= 11 is 1.68. The first-order chi connectivity index (χ1) is 13.8. The van der Waals surface area contributed by atoms with E-state index in [1.165, 1.54) is 4.88 Å². The largest absolute Gasteiger partial charge is 0.486 e. The monoisotopic (exact) mass is 393 g/mol. The molecule has 0 saturated carbocycles. The Bertz CT molecular complexity index is 1020. The van der Waals surface area contributed by atoms with Gasteiger partial charge in [-0.05, 0) is 43.5 Å². The van der Waals surface area contributed by atoms with Gasteiger partial charge in [0, 0.05) is 40.5 Å². The van der Waals surface area contributed by atoms with Crippen molar-refractivity contribution in [3.05, 3.63) is 53.3 Å². The van der Waals surface area contributed by atoms with Crippen molar-refractivity contribution in [1.29, 1.82) is 0 Å². The maximum Gasteiger partial charge on any atom is 0.227 e. The van der Waals surface area contributed by atoms with Crippen LogP contribution in [0, 0.1) is 5.92 Å². The molecule has 0 bridgehead atoms. The Labute approximate surface area is 166 Å². The highest BCUT2D eigenvalue weighted by Crippen LogP contribution is 2.36. The molecule has 1 aliphatic heterocycles. The summed E-state index contributed by atoms with van der Waals surface area (Å²) in [4.78, 5) is 22.9. The summed E-state index contributed by atoms with van der Waals surface area (Å²) < 4.78 is 11.1. The molecule has 3 aromatic rings. The van der Waals surface area contributed by atoms with Gasteiger partial charge in [-0.25, -0.2) is 4.98 Å². The highest BCUT2D eigenvalue weighted by Gasteiger charge is 2.28. The molecule has 1 aliphatic carbocycles. The van der Waals surface area contributed by atoms with E-state index in [1.54, 1.807) is 23.7 Å². The number of aromatic nitrogens is 2. The molecule has 0 saturated heterocycles. The van der Waals surface area contributed by atoms with Crippen molar-refractivity contribution in [2.24, 2.45) is 5.92 Å². The number of carbonyl (C=O) groups excluding carboxylic acids is 1. The summed E-state index contributed by atoms with van der Waals surface area (Å²) in [7, 11) is 0. The molecular formula is C21H19N3O3S. The van der Waals surface area contributed by atoms with Crippen LogP contribution in [-0.4, -0.2) is 29.1 Å². The Morgan fingerprint density at radius 2 is 1.93 bits per heavy atom. The molecular weight excluding hydrogens is 374 g/mol. The fourth-order valence-electron chi connectivity index (χ4n) is 3.58. The van der Waals surface area contributed by atoms with Gasteiger partial charge in [0.1, 0.15) is 18.2 Å². The molecule has 6 nitrogen and oxygen atoms in total. The first-order valence-electron chi connectivity index (χ1n) is 9.36. The number of hydrogen-bond acceptors (Lipinski definition) is 6. The van der Waals surface area contributed by atoms with E-state index in [2.05, 4.69) is 10.3 Å². The quantitative estimate of drug-likeness (QED) is 0.734. The van der Waals surface area contributed by atoms with Gasteiger partial charge in [-0.3, -0.25) is 9.78 Å². The fraction of sp³-hybridized carbons (Fsp3) is 0.286. The topological polar surface area (TPSA) is 73.3 Å². The molecule has 0 radical (unpaired) electrons. The lowest BCUT2D eigenvalue weighted by molar-refractivity contribution is -0.120. The molecule has 142 valence electrons. The Hall–Kier alpha value is -2.93. The number of ether oxygens (including phenoxy) is 2. The van der Waals surface area contributed by atoms with Gasteiger partial charge in [0.2, 0.25) is 5.91 Å². The summed E-state index contributed by atoms with van der Waals surface area (Å²) in [5.41, 5.74) is 2.94. The van der Waals surface area contributed by atoms with Crippen molar-refractivity contribution in [1.82, 2.24) is 9.97 Å². The predicted octanol–water partition coefficient (Wildman–Crippen LogP) is 3.72. The van der Waals surface area contributed by atoms with Gasteiger partial charge in [0.05, 0.1) is 5.69 Å². The molecule has 1 amide bonds. The summed E-state index contributed by atoms with van der Waals surface area (Å²) in [6.45, 7) is 1.08. The van der Waals surface area contributed by atoms with Crippen molar-refractivity contribution < 1.29 is 14.3 Å². The van der Waals surface area contributed by atoms with Crippen LogP contribution < -0.4 is 14.8 Å². The number of anilines is 1. The van der Waals surface area contributed by atoms with Crippen LogP contribution in [0.3, 0.4) is 0 Å². The maximum absolute atomic E-state index is 12.8. The third-order valence-electron chi connectivity index (χ3n) is 5.05. The Morgan fingerprint density at radius 3 is 2.79 bits per heavy atom. The van der Waals surface area contributed by atoms with E-state index in [0.717, 1.165) is 47.0 Å². The zero-order chi connectivity index (χ0) is 18.9. The number of carbonyl (C=O) groups is 1. The number of benzene rings is 1. The molecule has 28 heavy (non-hydrogen) atoms. The van der Waals surface area contributed by atoms with Gasteiger partial charge in [0.15, 0.2) is 11.5 Å². The number of fused-ring (bicyclic) bond motifs is 2. The van der Waals surface area contributed by atoms with Crippen LogP contribution in [0.2, 0.25) is 0 Å². The van der Waals surface area contributed by atoms with E-state index < -0.39 is 0 Å². The molecule has 1 atom stereocenters. The van der Waals surface area contributed by atoms with Gasteiger partial charge in [0.25, 0.3) is 0 Å². The standard InChI is InChI=1S/C21H19N3O3S/c25-20(23-15-2-4-17-18(12-15)27-10-9-26-17)14-1-3-16-19(11-14)28-21(24-16)13-5-7-22-8-6-13/h2,4-8,12,14H,1,3,9-11H2,(H,23,25). The van der Waals surface area contributed by atoms with Crippen LogP contribution in [-0.2, 0) is 17.6 Å². The Balaban J connectivity index is 1.29. The molecule has 1 N–H and O–H groups in total. The Kier molecular flexibility index (Phi) is 4.44. The first-order valence-corrected chi connectivity index (χ1v) is 10.2. The molecule has 3 heterocycles. The second kappa shape index (κ2) is 7.24. The highest BCUT2D eigenvalue weighted by atomic mass is 32.1. The summed E-state index contributed by atoms with van der Waals surface area (Å²) in [6.07, 6.45) is 5.92. The van der Waals surface area contributed by atoms with Crippen LogP contribution in [0.15, 0.2) is 42.7 Å². The van der Waals surface area contributed by atoms with Gasteiger partial charge < -0.3 is 14.8 Å². The number of amides is 1. The lowest BCUT2D eigenvalue weighted by Crippen LogP contribution is -2.27. The predicted molar refractivity (Wildman–Crippen MR) is 107 cm³/mol. The van der Waals surface area contributed by atoms with Crippen molar-refractivity contribution in [3.63, 3.8) is 0 Å². The molecule has 2 aromatic heterocycles. The van der Waals surface area contributed by atoms with E-state index in [-0.39, 0.29) is 11.8 Å². The molecule has 2 aliphatic rings. The average Bonchev–Trinajstić information content (AvgIpc) is 3.18. The smallest absolute Gasteiger partial charge is 0.227 e. The summed E-state index contributed by atoms with van der Waals surface area (Å²) in [5.74, 6) is 1.40. The van der Waals surface area contributed by atoms with Gasteiger partial charge in [-0.2, -0.15) is 0 Å². The number of pyridine rings is 1. The number of aryl methyl sites for hydroxylation is 1. The minimum absolute atomic E-state index is 0.0428.